The van der Waals surface area contributed by atoms with Gasteiger partial charge in [0.25, 0.3) is 0 Å². The predicted molar refractivity (Wildman–Crippen MR) is 81.1 cm³/mol. The summed E-state index contributed by atoms with van der Waals surface area (Å²) in [6, 6.07) is 9.36. The van der Waals surface area contributed by atoms with Crippen LogP contribution < -0.4 is 5.32 Å². The highest BCUT2D eigenvalue weighted by molar-refractivity contribution is 7.13. The quantitative estimate of drug-likeness (QED) is 0.802. The van der Waals surface area contributed by atoms with Crippen LogP contribution in [0.5, 0.6) is 0 Å². The first-order chi connectivity index (χ1) is 10.2. The fourth-order valence-corrected chi connectivity index (χ4v) is 2.58. The number of nitrogens with zero attached hydrogens (tertiary/aromatic N) is 2. The van der Waals surface area contributed by atoms with Gasteiger partial charge in [0.2, 0.25) is 5.91 Å². The molecule has 0 bridgehead atoms. The Bertz CT molecular complexity index is 733. The Morgan fingerprint density at radius 2 is 2.14 bits per heavy atom. The zero-order valence-corrected chi connectivity index (χ0v) is 12.2. The Morgan fingerprint density at radius 3 is 2.76 bits per heavy atom. The monoisotopic (exact) mass is 299 g/mol. The molecule has 21 heavy (non-hydrogen) atoms. The van der Waals surface area contributed by atoms with Crippen molar-refractivity contribution < 1.29 is 9.32 Å². The number of amides is 1. The molecule has 1 amide bonds. The average molecular weight is 299 g/mol. The first-order valence-corrected chi connectivity index (χ1v) is 7.30. The molecule has 2 heterocycles. The van der Waals surface area contributed by atoms with Gasteiger partial charge in [0.1, 0.15) is 10.8 Å². The van der Waals surface area contributed by atoms with E-state index in [0.29, 0.717) is 11.5 Å². The normalized spacial score (nSPS) is 10.5. The lowest BCUT2D eigenvalue weighted by atomic mass is 10.2. The lowest BCUT2D eigenvalue weighted by molar-refractivity contribution is -0.115. The number of carbonyl (C=O) groups excluding carboxylic acids is 1. The molecule has 0 spiro atoms. The third-order valence-corrected chi connectivity index (χ3v) is 3.69. The van der Waals surface area contributed by atoms with E-state index in [1.165, 1.54) is 0 Å². The molecular weight excluding hydrogens is 286 g/mol. The van der Waals surface area contributed by atoms with Crippen molar-refractivity contribution >= 4 is 22.9 Å². The Labute approximate surface area is 125 Å². The second-order valence-corrected chi connectivity index (χ2v) is 5.46. The van der Waals surface area contributed by atoms with Gasteiger partial charge in [-0.1, -0.05) is 5.16 Å². The van der Waals surface area contributed by atoms with E-state index in [1.807, 2.05) is 29.6 Å². The zero-order chi connectivity index (χ0) is 14.7. The van der Waals surface area contributed by atoms with E-state index in [-0.39, 0.29) is 12.3 Å². The Kier molecular flexibility index (Phi) is 3.79. The summed E-state index contributed by atoms with van der Waals surface area (Å²) in [4.78, 5) is 16.1. The number of thiazole rings is 1. The number of carbonyl (C=O) groups is 1. The molecule has 0 fully saturated rings. The van der Waals surface area contributed by atoms with Gasteiger partial charge < -0.3 is 9.84 Å². The molecule has 0 aliphatic heterocycles. The van der Waals surface area contributed by atoms with Gasteiger partial charge in [-0.25, -0.2) is 4.98 Å². The maximum absolute atomic E-state index is 11.9. The third-order valence-electron chi connectivity index (χ3n) is 2.87. The second-order valence-electron chi connectivity index (χ2n) is 4.57. The first-order valence-electron chi connectivity index (χ1n) is 6.43. The molecule has 0 saturated carbocycles. The smallest absolute Gasteiger partial charge is 0.230 e. The molecule has 2 aromatic heterocycles. The molecule has 3 rings (SSSR count). The average Bonchev–Trinajstić information content (AvgIpc) is 3.11. The predicted octanol–water partition coefficient (Wildman–Crippen LogP) is 3.29. The van der Waals surface area contributed by atoms with Crippen LogP contribution in [0.25, 0.3) is 10.6 Å². The fraction of sp³-hybridized carbons (Fsp3) is 0.133. The minimum absolute atomic E-state index is 0.120. The van der Waals surface area contributed by atoms with Crippen LogP contribution in [0.3, 0.4) is 0 Å². The van der Waals surface area contributed by atoms with Gasteiger partial charge in [0.05, 0.1) is 12.1 Å². The largest absolute Gasteiger partial charge is 0.361 e. The number of nitrogens with one attached hydrogen (secondary N) is 1. The third kappa shape index (κ3) is 3.35. The number of benzene rings is 1. The molecule has 6 heteroatoms. The highest BCUT2D eigenvalue weighted by Gasteiger charge is 2.08. The lowest BCUT2D eigenvalue weighted by Gasteiger charge is -2.04. The van der Waals surface area contributed by atoms with Crippen molar-refractivity contribution in [3.05, 3.63) is 53.4 Å². The topological polar surface area (TPSA) is 68.0 Å². The van der Waals surface area contributed by atoms with Gasteiger partial charge in [-0.2, -0.15) is 0 Å². The van der Waals surface area contributed by atoms with Crippen LogP contribution in [0.1, 0.15) is 11.5 Å². The summed E-state index contributed by atoms with van der Waals surface area (Å²) in [6.07, 6.45) is 1.97. The van der Waals surface area contributed by atoms with Gasteiger partial charge >= 0.3 is 0 Å². The number of aryl methyl sites for hydroxylation is 1. The van der Waals surface area contributed by atoms with Crippen molar-refractivity contribution in [2.24, 2.45) is 0 Å². The zero-order valence-electron chi connectivity index (χ0n) is 11.4. The van der Waals surface area contributed by atoms with Gasteiger partial charge in [-0.15, -0.1) is 11.3 Å². The standard InChI is InChI=1S/C15H13N3O2S/c1-10-8-13(18-20-10)9-14(19)17-12-4-2-11(3-5-12)15-16-6-7-21-15/h2-8H,9H2,1H3,(H,17,19). The molecule has 0 unspecified atom stereocenters. The van der Waals surface area contributed by atoms with E-state index in [1.54, 1.807) is 30.5 Å². The summed E-state index contributed by atoms with van der Waals surface area (Å²) in [5, 5.41) is 9.54. The second kappa shape index (κ2) is 5.88. The van der Waals surface area contributed by atoms with Gasteiger partial charge in [0, 0.05) is 28.9 Å². The Morgan fingerprint density at radius 1 is 1.33 bits per heavy atom. The van der Waals surface area contributed by atoms with Gasteiger partial charge in [-0.05, 0) is 31.2 Å². The van der Waals surface area contributed by atoms with Crippen LogP contribution in [0.15, 0.2) is 46.4 Å². The molecule has 0 aliphatic carbocycles. The summed E-state index contributed by atoms with van der Waals surface area (Å²) >= 11 is 1.58. The summed E-state index contributed by atoms with van der Waals surface area (Å²) in [7, 11) is 0. The number of aromatic nitrogens is 2. The summed E-state index contributed by atoms with van der Waals surface area (Å²) in [5.41, 5.74) is 2.42. The molecule has 0 aliphatic rings. The van der Waals surface area contributed by atoms with Crippen molar-refractivity contribution in [2.45, 2.75) is 13.3 Å². The number of rotatable bonds is 4. The molecule has 1 aromatic carbocycles. The number of hydrogen-bond donors (Lipinski definition) is 1. The lowest BCUT2D eigenvalue weighted by Crippen LogP contribution is -2.14. The summed E-state index contributed by atoms with van der Waals surface area (Å²) in [5.74, 6) is 0.580. The minimum atomic E-state index is -0.120. The van der Waals surface area contributed by atoms with E-state index in [2.05, 4.69) is 15.5 Å². The minimum Gasteiger partial charge on any atom is -0.361 e. The van der Waals surface area contributed by atoms with Gasteiger partial charge in [-0.3, -0.25) is 4.79 Å². The van der Waals surface area contributed by atoms with Crippen LogP contribution in [0.2, 0.25) is 0 Å². The molecule has 0 atom stereocenters. The molecule has 106 valence electrons. The number of hydrogen-bond acceptors (Lipinski definition) is 5. The van der Waals surface area contributed by atoms with Crippen LogP contribution in [0.4, 0.5) is 5.69 Å². The SMILES string of the molecule is Cc1cc(CC(=O)Nc2ccc(-c3nccs3)cc2)no1. The number of anilines is 1. The van der Waals surface area contributed by atoms with E-state index < -0.39 is 0 Å². The van der Waals surface area contributed by atoms with E-state index in [0.717, 1.165) is 16.3 Å². The fourth-order valence-electron chi connectivity index (χ4n) is 1.93. The van der Waals surface area contributed by atoms with E-state index >= 15 is 0 Å². The van der Waals surface area contributed by atoms with E-state index in [9.17, 15) is 4.79 Å². The maximum atomic E-state index is 11.9. The maximum Gasteiger partial charge on any atom is 0.230 e. The van der Waals surface area contributed by atoms with Crippen molar-refractivity contribution in [3.8, 4) is 10.6 Å². The molecule has 1 N–H and O–H groups in total. The van der Waals surface area contributed by atoms with Gasteiger partial charge in [0.15, 0.2) is 0 Å². The van der Waals surface area contributed by atoms with Crippen LogP contribution in [-0.4, -0.2) is 16.0 Å². The highest BCUT2D eigenvalue weighted by Crippen LogP contribution is 2.23. The summed E-state index contributed by atoms with van der Waals surface area (Å²) < 4.78 is 4.94. The molecule has 0 saturated heterocycles. The Hall–Kier alpha value is -2.47. The molecular formula is C15H13N3O2S. The van der Waals surface area contributed by atoms with Crippen molar-refractivity contribution in [2.75, 3.05) is 5.32 Å². The molecule has 0 radical (unpaired) electrons. The van der Waals surface area contributed by atoms with Crippen molar-refractivity contribution in [1.29, 1.82) is 0 Å². The first kappa shape index (κ1) is 13.5. The molecule has 5 nitrogen and oxygen atoms in total. The Balaban J connectivity index is 1.63. The highest BCUT2D eigenvalue weighted by atomic mass is 32.1. The molecule has 3 aromatic rings. The van der Waals surface area contributed by atoms with Crippen molar-refractivity contribution in [1.82, 2.24) is 10.1 Å². The van der Waals surface area contributed by atoms with E-state index in [4.69, 9.17) is 4.52 Å². The van der Waals surface area contributed by atoms with Crippen molar-refractivity contribution in [3.63, 3.8) is 0 Å². The summed E-state index contributed by atoms with van der Waals surface area (Å²) in [6.45, 7) is 1.80. The van der Waals surface area contributed by atoms with Crippen LogP contribution >= 0.6 is 11.3 Å². The van der Waals surface area contributed by atoms with Crippen LogP contribution in [0, 0.1) is 6.92 Å². The van der Waals surface area contributed by atoms with Crippen LogP contribution in [-0.2, 0) is 11.2 Å².